The monoisotopic (exact) mass is 248 g/mol. The van der Waals surface area contributed by atoms with Gasteiger partial charge in [0.1, 0.15) is 5.75 Å². The molecule has 1 saturated carbocycles. The van der Waals surface area contributed by atoms with Crippen LogP contribution in [0.15, 0.2) is 18.5 Å². The highest BCUT2D eigenvalue weighted by Gasteiger charge is 2.25. The van der Waals surface area contributed by atoms with E-state index in [1.165, 1.54) is 19.3 Å². The lowest BCUT2D eigenvalue weighted by atomic mass is 9.82. The third-order valence-electron chi connectivity index (χ3n) is 3.65. The van der Waals surface area contributed by atoms with Gasteiger partial charge >= 0.3 is 0 Å². The fourth-order valence-electron chi connectivity index (χ4n) is 3.00. The maximum atomic E-state index is 6.20. The van der Waals surface area contributed by atoms with Crippen LogP contribution >= 0.6 is 0 Å². The summed E-state index contributed by atoms with van der Waals surface area (Å²) in [5, 5.41) is 3.16. The molecule has 0 bridgehead atoms. The van der Waals surface area contributed by atoms with Crippen molar-refractivity contribution in [2.24, 2.45) is 11.8 Å². The average Bonchev–Trinajstić information content (AvgIpc) is 2.30. The lowest BCUT2D eigenvalue weighted by molar-refractivity contribution is 0.0999. The topological polar surface area (TPSA) is 34.2 Å². The summed E-state index contributed by atoms with van der Waals surface area (Å²) < 4.78 is 6.20. The molecule has 0 aromatic carbocycles. The highest BCUT2D eigenvalue weighted by molar-refractivity contribution is 5.30. The minimum Gasteiger partial charge on any atom is -0.490 e. The zero-order valence-electron chi connectivity index (χ0n) is 11.6. The molecular weight excluding hydrogens is 224 g/mol. The van der Waals surface area contributed by atoms with Crippen molar-refractivity contribution in [2.75, 3.05) is 7.05 Å². The van der Waals surface area contributed by atoms with E-state index in [9.17, 15) is 0 Å². The highest BCUT2D eigenvalue weighted by atomic mass is 16.5. The van der Waals surface area contributed by atoms with E-state index in [0.29, 0.717) is 6.10 Å². The van der Waals surface area contributed by atoms with Crippen molar-refractivity contribution in [2.45, 2.75) is 45.8 Å². The van der Waals surface area contributed by atoms with E-state index in [0.717, 1.165) is 29.7 Å². The summed E-state index contributed by atoms with van der Waals surface area (Å²) in [5.74, 6) is 2.53. The van der Waals surface area contributed by atoms with E-state index in [1.807, 2.05) is 25.5 Å². The van der Waals surface area contributed by atoms with Crippen LogP contribution in [0.2, 0.25) is 0 Å². The Kier molecular flexibility index (Phi) is 4.59. The second kappa shape index (κ2) is 6.19. The predicted octanol–water partition coefficient (Wildman–Crippen LogP) is 3.00. The minimum atomic E-state index is 0.363. The quantitative estimate of drug-likeness (QED) is 0.889. The molecule has 2 atom stereocenters. The Bertz CT molecular complexity index is 371. The van der Waals surface area contributed by atoms with Gasteiger partial charge in [0.05, 0.1) is 6.10 Å². The summed E-state index contributed by atoms with van der Waals surface area (Å²) in [6.45, 7) is 5.46. The Labute approximate surface area is 110 Å². The molecule has 1 aromatic heterocycles. The normalized spacial score (nSPS) is 28.1. The number of rotatable bonds is 4. The van der Waals surface area contributed by atoms with E-state index in [1.54, 1.807) is 0 Å². The molecule has 1 aromatic rings. The molecule has 2 rings (SSSR count). The molecule has 0 radical (unpaired) electrons. The van der Waals surface area contributed by atoms with Gasteiger partial charge in [-0.25, -0.2) is 0 Å². The number of hydrogen-bond donors (Lipinski definition) is 1. The first kappa shape index (κ1) is 13.3. The first-order chi connectivity index (χ1) is 8.69. The Hall–Kier alpha value is -1.09. The zero-order valence-corrected chi connectivity index (χ0v) is 11.6. The maximum Gasteiger partial charge on any atom is 0.127 e. The van der Waals surface area contributed by atoms with E-state index in [4.69, 9.17) is 4.74 Å². The molecule has 0 amide bonds. The van der Waals surface area contributed by atoms with Gasteiger partial charge in [-0.2, -0.15) is 0 Å². The molecule has 0 aliphatic heterocycles. The summed E-state index contributed by atoms with van der Waals surface area (Å²) >= 11 is 0. The molecule has 1 aliphatic carbocycles. The Morgan fingerprint density at radius 3 is 2.67 bits per heavy atom. The van der Waals surface area contributed by atoms with Gasteiger partial charge in [-0.05, 0) is 44.2 Å². The number of hydrogen-bond acceptors (Lipinski definition) is 3. The fraction of sp³-hybridized carbons (Fsp3) is 0.667. The van der Waals surface area contributed by atoms with Crippen LogP contribution < -0.4 is 10.1 Å². The summed E-state index contributed by atoms with van der Waals surface area (Å²) in [7, 11) is 1.95. The smallest absolute Gasteiger partial charge is 0.127 e. The van der Waals surface area contributed by atoms with Crippen LogP contribution in [0, 0.1) is 11.8 Å². The first-order valence-electron chi connectivity index (χ1n) is 6.93. The third kappa shape index (κ3) is 3.45. The largest absolute Gasteiger partial charge is 0.490 e. The van der Waals surface area contributed by atoms with Gasteiger partial charge in [0.2, 0.25) is 0 Å². The van der Waals surface area contributed by atoms with Crippen LogP contribution in [0.25, 0.3) is 0 Å². The SMILES string of the molecule is CNCc1cnccc1OC1CC(C)CC(C)C1. The molecule has 0 saturated heterocycles. The third-order valence-corrected chi connectivity index (χ3v) is 3.65. The molecule has 0 spiro atoms. The van der Waals surface area contributed by atoms with Gasteiger partial charge in [-0.15, -0.1) is 0 Å². The standard InChI is InChI=1S/C15H24N2O/c1-11-6-12(2)8-14(7-11)18-15-4-5-17-10-13(15)9-16-3/h4-5,10-12,14,16H,6-9H2,1-3H3. The van der Waals surface area contributed by atoms with Gasteiger partial charge in [-0.3, -0.25) is 4.98 Å². The predicted molar refractivity (Wildman–Crippen MR) is 73.6 cm³/mol. The molecule has 1 fully saturated rings. The second-order valence-electron chi connectivity index (χ2n) is 5.67. The van der Waals surface area contributed by atoms with Crippen LogP contribution in [0.5, 0.6) is 5.75 Å². The molecule has 3 nitrogen and oxygen atoms in total. The molecule has 2 unspecified atom stereocenters. The van der Waals surface area contributed by atoms with Crippen molar-refractivity contribution in [1.29, 1.82) is 0 Å². The summed E-state index contributed by atoms with van der Waals surface area (Å²) in [6, 6.07) is 1.98. The van der Waals surface area contributed by atoms with Gasteiger partial charge in [-0.1, -0.05) is 13.8 Å². The van der Waals surface area contributed by atoms with Gasteiger partial charge in [0.15, 0.2) is 0 Å². The van der Waals surface area contributed by atoms with Crippen molar-refractivity contribution in [3.05, 3.63) is 24.0 Å². The Morgan fingerprint density at radius 2 is 2.00 bits per heavy atom. The molecule has 1 heterocycles. The van der Waals surface area contributed by atoms with Gasteiger partial charge in [0, 0.05) is 24.5 Å². The zero-order chi connectivity index (χ0) is 13.0. The second-order valence-corrected chi connectivity index (χ2v) is 5.67. The van der Waals surface area contributed by atoms with Crippen molar-refractivity contribution >= 4 is 0 Å². The summed E-state index contributed by atoms with van der Waals surface area (Å²) in [5.41, 5.74) is 1.14. The number of nitrogens with one attached hydrogen (secondary N) is 1. The van der Waals surface area contributed by atoms with Crippen molar-refractivity contribution < 1.29 is 4.74 Å². The molecule has 1 N–H and O–H groups in total. The van der Waals surface area contributed by atoms with Crippen molar-refractivity contribution in [3.63, 3.8) is 0 Å². The minimum absolute atomic E-state index is 0.363. The average molecular weight is 248 g/mol. The van der Waals surface area contributed by atoms with Gasteiger partial charge in [0.25, 0.3) is 0 Å². The van der Waals surface area contributed by atoms with Crippen LogP contribution in [0.3, 0.4) is 0 Å². The van der Waals surface area contributed by atoms with E-state index < -0.39 is 0 Å². The van der Waals surface area contributed by atoms with Gasteiger partial charge < -0.3 is 10.1 Å². The number of ether oxygens (including phenoxy) is 1. The number of aromatic nitrogens is 1. The molecule has 100 valence electrons. The maximum absolute atomic E-state index is 6.20. The summed E-state index contributed by atoms with van der Waals surface area (Å²) in [6.07, 6.45) is 7.74. The Balaban J connectivity index is 2.04. The lowest BCUT2D eigenvalue weighted by Gasteiger charge is -2.32. The molecule has 18 heavy (non-hydrogen) atoms. The van der Waals surface area contributed by atoms with Crippen molar-refractivity contribution in [3.8, 4) is 5.75 Å². The molecule has 3 heteroatoms. The Morgan fingerprint density at radius 1 is 1.28 bits per heavy atom. The lowest BCUT2D eigenvalue weighted by Crippen LogP contribution is -2.29. The molecular formula is C15H24N2O. The van der Waals surface area contributed by atoms with Crippen LogP contribution in [-0.4, -0.2) is 18.1 Å². The first-order valence-corrected chi connectivity index (χ1v) is 6.93. The number of pyridine rings is 1. The highest BCUT2D eigenvalue weighted by Crippen LogP contribution is 2.32. The van der Waals surface area contributed by atoms with E-state index in [2.05, 4.69) is 24.1 Å². The van der Waals surface area contributed by atoms with Crippen LogP contribution in [-0.2, 0) is 6.54 Å². The van der Waals surface area contributed by atoms with E-state index >= 15 is 0 Å². The van der Waals surface area contributed by atoms with Crippen LogP contribution in [0.1, 0.15) is 38.7 Å². The van der Waals surface area contributed by atoms with Crippen molar-refractivity contribution in [1.82, 2.24) is 10.3 Å². The van der Waals surface area contributed by atoms with E-state index in [-0.39, 0.29) is 0 Å². The molecule has 1 aliphatic rings. The number of nitrogens with zero attached hydrogens (tertiary/aromatic N) is 1. The fourth-order valence-corrected chi connectivity index (χ4v) is 3.00. The summed E-state index contributed by atoms with van der Waals surface area (Å²) in [4.78, 5) is 4.17. The van der Waals surface area contributed by atoms with Crippen LogP contribution in [0.4, 0.5) is 0 Å².